The lowest BCUT2D eigenvalue weighted by Crippen LogP contribution is -2.51. The molecule has 0 radical (unpaired) electrons. The number of nitrogens with zero attached hydrogens (tertiary/aromatic N) is 4. The Balaban J connectivity index is 1.31. The van der Waals surface area contributed by atoms with Gasteiger partial charge in [0.05, 0.1) is 0 Å². The van der Waals surface area contributed by atoms with Crippen LogP contribution < -0.4 is 4.74 Å². The summed E-state index contributed by atoms with van der Waals surface area (Å²) in [4.78, 5) is 13.6. The molecule has 1 aliphatic carbocycles. The third-order valence-corrected chi connectivity index (χ3v) is 6.10. The van der Waals surface area contributed by atoms with E-state index in [1.807, 2.05) is 12.1 Å². The first-order valence-electron chi connectivity index (χ1n) is 10.3. The van der Waals surface area contributed by atoms with Crippen molar-refractivity contribution in [3.8, 4) is 11.8 Å². The first kappa shape index (κ1) is 18.4. The zero-order valence-electron chi connectivity index (χ0n) is 16.3. The van der Waals surface area contributed by atoms with Crippen LogP contribution in [0, 0.1) is 0 Å². The van der Waals surface area contributed by atoms with E-state index < -0.39 is 0 Å². The van der Waals surface area contributed by atoms with E-state index in [9.17, 15) is 0 Å². The summed E-state index contributed by atoms with van der Waals surface area (Å²) in [7, 11) is 0. The predicted molar refractivity (Wildman–Crippen MR) is 107 cm³/mol. The van der Waals surface area contributed by atoms with Crippen molar-refractivity contribution in [2.45, 2.75) is 51.1 Å². The molecule has 1 aromatic carbocycles. The molecular weight excluding hydrogens is 336 g/mol. The Bertz CT molecular complexity index is 692. The Labute approximate surface area is 162 Å². The van der Waals surface area contributed by atoms with Crippen LogP contribution in [0.15, 0.2) is 42.7 Å². The summed E-state index contributed by atoms with van der Waals surface area (Å²) in [5.74, 6) is 0.777. The molecule has 27 heavy (non-hydrogen) atoms. The second kappa shape index (κ2) is 8.81. The highest BCUT2D eigenvalue weighted by molar-refractivity contribution is 5.30. The van der Waals surface area contributed by atoms with Gasteiger partial charge in [-0.15, -0.1) is 0 Å². The maximum absolute atomic E-state index is 5.70. The SMILES string of the molecule is CC(c1ccc(Oc2ncccn2)cc1)N1CCN(C2CCCCC2)CC1. The van der Waals surface area contributed by atoms with E-state index in [1.165, 1.54) is 50.8 Å². The minimum atomic E-state index is 0.386. The standard InChI is InChI=1S/C22H30N4O/c1-18(25-14-16-26(17-15-25)20-6-3-2-4-7-20)19-8-10-21(11-9-19)27-22-23-12-5-13-24-22/h5,8-13,18,20H,2-4,6-7,14-17H2,1H3. The molecule has 0 bridgehead atoms. The van der Waals surface area contributed by atoms with Crippen molar-refractivity contribution in [1.29, 1.82) is 0 Å². The molecule has 1 aliphatic heterocycles. The predicted octanol–water partition coefficient (Wildman–Crippen LogP) is 4.28. The maximum Gasteiger partial charge on any atom is 0.321 e. The van der Waals surface area contributed by atoms with Crippen LogP contribution in [0.1, 0.15) is 50.6 Å². The van der Waals surface area contributed by atoms with Gasteiger partial charge in [0.2, 0.25) is 0 Å². The number of ether oxygens (including phenoxy) is 1. The van der Waals surface area contributed by atoms with Gasteiger partial charge < -0.3 is 4.74 Å². The molecule has 1 aromatic heterocycles. The normalized spacial score (nSPS) is 21.1. The number of hydrogen-bond acceptors (Lipinski definition) is 5. The summed E-state index contributed by atoms with van der Waals surface area (Å²) >= 11 is 0. The van der Waals surface area contributed by atoms with Crippen molar-refractivity contribution in [3.05, 3.63) is 48.3 Å². The lowest BCUT2D eigenvalue weighted by molar-refractivity contribution is 0.0602. The largest absolute Gasteiger partial charge is 0.424 e. The van der Waals surface area contributed by atoms with Crippen molar-refractivity contribution in [3.63, 3.8) is 0 Å². The number of hydrogen-bond donors (Lipinski definition) is 0. The van der Waals surface area contributed by atoms with Crippen molar-refractivity contribution < 1.29 is 4.74 Å². The van der Waals surface area contributed by atoms with E-state index in [4.69, 9.17) is 4.74 Å². The van der Waals surface area contributed by atoms with Crippen LogP contribution in [-0.4, -0.2) is 52.0 Å². The molecule has 5 nitrogen and oxygen atoms in total. The van der Waals surface area contributed by atoms with Gasteiger partial charge in [0, 0.05) is 50.7 Å². The highest BCUT2D eigenvalue weighted by Gasteiger charge is 2.27. The molecule has 2 aliphatic rings. The maximum atomic E-state index is 5.70. The van der Waals surface area contributed by atoms with Gasteiger partial charge in [-0.3, -0.25) is 9.80 Å². The zero-order chi connectivity index (χ0) is 18.5. The van der Waals surface area contributed by atoms with Gasteiger partial charge >= 0.3 is 6.01 Å². The molecule has 4 rings (SSSR count). The van der Waals surface area contributed by atoms with E-state index in [1.54, 1.807) is 18.5 Å². The lowest BCUT2D eigenvalue weighted by Gasteiger charge is -2.42. The average molecular weight is 367 g/mol. The first-order valence-corrected chi connectivity index (χ1v) is 10.3. The summed E-state index contributed by atoms with van der Waals surface area (Å²) in [5, 5.41) is 0. The Kier molecular flexibility index (Phi) is 6.00. The molecule has 0 amide bonds. The molecule has 1 saturated carbocycles. The van der Waals surface area contributed by atoms with E-state index in [-0.39, 0.29) is 0 Å². The third kappa shape index (κ3) is 4.66. The van der Waals surface area contributed by atoms with Gasteiger partial charge in [0.1, 0.15) is 5.75 Å². The number of benzene rings is 1. The molecule has 2 aromatic rings. The summed E-state index contributed by atoms with van der Waals surface area (Å²) in [6.07, 6.45) is 10.5. The van der Waals surface area contributed by atoms with Gasteiger partial charge in [-0.2, -0.15) is 0 Å². The van der Waals surface area contributed by atoms with Crippen LogP contribution in [0.25, 0.3) is 0 Å². The number of aromatic nitrogens is 2. The molecule has 0 spiro atoms. The van der Waals surface area contributed by atoms with Crippen LogP contribution in [0.4, 0.5) is 0 Å². The van der Waals surface area contributed by atoms with Gasteiger partial charge in [0.25, 0.3) is 0 Å². The highest BCUT2D eigenvalue weighted by Crippen LogP contribution is 2.28. The van der Waals surface area contributed by atoms with Crippen LogP contribution >= 0.6 is 0 Å². The number of rotatable bonds is 5. The Morgan fingerprint density at radius 3 is 2.26 bits per heavy atom. The fraction of sp³-hybridized carbons (Fsp3) is 0.545. The molecule has 5 heteroatoms. The average Bonchev–Trinajstić information content (AvgIpc) is 2.75. The third-order valence-electron chi connectivity index (χ3n) is 6.10. The Morgan fingerprint density at radius 1 is 0.926 bits per heavy atom. The molecule has 1 atom stereocenters. The van der Waals surface area contributed by atoms with E-state index in [0.717, 1.165) is 24.9 Å². The molecule has 1 unspecified atom stereocenters. The van der Waals surface area contributed by atoms with E-state index in [0.29, 0.717) is 12.1 Å². The molecule has 0 N–H and O–H groups in total. The van der Waals surface area contributed by atoms with E-state index in [2.05, 4.69) is 38.8 Å². The number of piperazine rings is 1. The monoisotopic (exact) mass is 366 g/mol. The van der Waals surface area contributed by atoms with Crippen LogP contribution in [0.5, 0.6) is 11.8 Å². The topological polar surface area (TPSA) is 41.5 Å². The minimum Gasteiger partial charge on any atom is -0.424 e. The summed E-state index contributed by atoms with van der Waals surface area (Å²) in [6.45, 7) is 7.05. The van der Waals surface area contributed by atoms with Crippen molar-refractivity contribution >= 4 is 0 Å². The zero-order valence-corrected chi connectivity index (χ0v) is 16.3. The summed E-state index contributed by atoms with van der Waals surface area (Å²) in [5.41, 5.74) is 1.34. The second-order valence-corrected chi connectivity index (χ2v) is 7.74. The fourth-order valence-corrected chi connectivity index (χ4v) is 4.40. The Hall–Kier alpha value is -1.98. The van der Waals surface area contributed by atoms with Gasteiger partial charge in [-0.25, -0.2) is 9.97 Å². The fourth-order valence-electron chi connectivity index (χ4n) is 4.40. The van der Waals surface area contributed by atoms with Crippen LogP contribution in [-0.2, 0) is 0 Å². The lowest BCUT2D eigenvalue weighted by atomic mass is 9.93. The molecule has 2 fully saturated rings. The van der Waals surface area contributed by atoms with Crippen LogP contribution in [0.3, 0.4) is 0 Å². The first-order chi connectivity index (χ1) is 13.3. The van der Waals surface area contributed by atoms with E-state index >= 15 is 0 Å². The summed E-state index contributed by atoms with van der Waals surface area (Å²) < 4.78 is 5.70. The molecule has 144 valence electrons. The molecule has 2 heterocycles. The molecule has 1 saturated heterocycles. The van der Waals surface area contributed by atoms with Crippen molar-refractivity contribution in [1.82, 2.24) is 19.8 Å². The second-order valence-electron chi connectivity index (χ2n) is 7.74. The smallest absolute Gasteiger partial charge is 0.321 e. The van der Waals surface area contributed by atoms with Crippen molar-refractivity contribution in [2.75, 3.05) is 26.2 Å². The van der Waals surface area contributed by atoms with Gasteiger partial charge in [0.15, 0.2) is 0 Å². The Morgan fingerprint density at radius 2 is 1.59 bits per heavy atom. The molecular formula is C22H30N4O. The van der Waals surface area contributed by atoms with Gasteiger partial charge in [-0.05, 0) is 43.5 Å². The minimum absolute atomic E-state index is 0.386. The van der Waals surface area contributed by atoms with Crippen LogP contribution in [0.2, 0.25) is 0 Å². The highest BCUT2D eigenvalue weighted by atomic mass is 16.5. The van der Waals surface area contributed by atoms with Crippen molar-refractivity contribution in [2.24, 2.45) is 0 Å². The summed E-state index contributed by atoms with van der Waals surface area (Å²) in [6, 6.07) is 11.8. The van der Waals surface area contributed by atoms with Gasteiger partial charge in [-0.1, -0.05) is 31.4 Å². The quantitative estimate of drug-likeness (QED) is 0.790.